The van der Waals surface area contributed by atoms with E-state index in [1.54, 1.807) is 12.1 Å². The van der Waals surface area contributed by atoms with Crippen LogP contribution in [-0.2, 0) is 0 Å². The molecule has 2 N–H and O–H groups in total. The van der Waals surface area contributed by atoms with Crippen LogP contribution in [0.3, 0.4) is 0 Å². The number of anilines is 1. The largest absolute Gasteiger partial charge is 0.493 e. The van der Waals surface area contributed by atoms with Crippen LogP contribution in [0.4, 0.5) is 5.69 Å². The summed E-state index contributed by atoms with van der Waals surface area (Å²) >= 11 is 6.05. The Morgan fingerprint density at radius 3 is 2.58 bits per heavy atom. The minimum absolute atomic E-state index is 0.0888. The quantitative estimate of drug-likeness (QED) is 0.891. The number of hydrogen-bond donors (Lipinski definition) is 2. The van der Waals surface area contributed by atoms with E-state index in [4.69, 9.17) is 21.1 Å². The van der Waals surface area contributed by atoms with E-state index in [9.17, 15) is 4.79 Å². The Morgan fingerprint density at radius 1 is 1.32 bits per heavy atom. The maximum atomic E-state index is 11.8. The van der Waals surface area contributed by atoms with Crippen molar-refractivity contribution < 1.29 is 14.3 Å². The number of aromatic amines is 1. The number of H-pyrrole nitrogens is 1. The van der Waals surface area contributed by atoms with Gasteiger partial charge < -0.3 is 14.8 Å². The standard InChI is InChI=1S/C11H11ClN4O3/c1-18-8-3-6(12)7(4-9(8)19-2)15-11(17)10-13-5-14-16-10/h3-5H,1-2H3,(H,15,17)(H,13,14,16). The predicted molar refractivity (Wildman–Crippen MR) is 68.9 cm³/mol. The van der Waals surface area contributed by atoms with Gasteiger partial charge >= 0.3 is 0 Å². The average molecular weight is 283 g/mol. The fraction of sp³-hybridized carbons (Fsp3) is 0.182. The van der Waals surface area contributed by atoms with Crippen LogP contribution in [0.15, 0.2) is 18.5 Å². The number of carbonyl (C=O) groups is 1. The molecule has 0 aliphatic rings. The van der Waals surface area contributed by atoms with Crippen molar-refractivity contribution in [3.05, 3.63) is 29.3 Å². The van der Waals surface area contributed by atoms with Gasteiger partial charge in [-0.2, -0.15) is 5.10 Å². The molecule has 0 atom stereocenters. The number of methoxy groups -OCH3 is 2. The zero-order chi connectivity index (χ0) is 13.8. The summed E-state index contributed by atoms with van der Waals surface area (Å²) in [7, 11) is 2.99. The van der Waals surface area contributed by atoms with Gasteiger partial charge in [0.1, 0.15) is 6.33 Å². The van der Waals surface area contributed by atoms with Gasteiger partial charge in [-0.3, -0.25) is 9.89 Å². The molecule has 19 heavy (non-hydrogen) atoms. The number of nitrogens with one attached hydrogen (secondary N) is 2. The van der Waals surface area contributed by atoms with Crippen LogP contribution in [0.2, 0.25) is 5.02 Å². The van der Waals surface area contributed by atoms with Gasteiger partial charge in [0.15, 0.2) is 11.5 Å². The van der Waals surface area contributed by atoms with Gasteiger partial charge in [0.2, 0.25) is 5.82 Å². The van der Waals surface area contributed by atoms with E-state index in [0.29, 0.717) is 22.2 Å². The molecule has 1 aromatic heterocycles. The fourth-order valence-corrected chi connectivity index (χ4v) is 1.65. The molecule has 0 aliphatic heterocycles. The summed E-state index contributed by atoms with van der Waals surface area (Å²) in [5.74, 6) is 0.572. The molecule has 0 radical (unpaired) electrons. The van der Waals surface area contributed by atoms with Gasteiger partial charge in [0.25, 0.3) is 5.91 Å². The predicted octanol–water partition coefficient (Wildman–Crippen LogP) is 1.73. The van der Waals surface area contributed by atoms with E-state index in [1.165, 1.54) is 20.5 Å². The molecule has 0 saturated carbocycles. The summed E-state index contributed by atoms with van der Waals surface area (Å²) in [6.45, 7) is 0. The van der Waals surface area contributed by atoms with Gasteiger partial charge in [0.05, 0.1) is 24.9 Å². The summed E-state index contributed by atoms with van der Waals surface area (Å²) in [5.41, 5.74) is 0.390. The number of carbonyl (C=O) groups excluding carboxylic acids is 1. The van der Waals surface area contributed by atoms with E-state index in [0.717, 1.165) is 0 Å². The van der Waals surface area contributed by atoms with E-state index in [1.807, 2.05) is 0 Å². The van der Waals surface area contributed by atoms with Gasteiger partial charge in [-0.1, -0.05) is 11.6 Å². The van der Waals surface area contributed by atoms with E-state index >= 15 is 0 Å². The van der Waals surface area contributed by atoms with Gasteiger partial charge in [-0.15, -0.1) is 0 Å². The molecule has 1 heterocycles. The first-order chi connectivity index (χ1) is 9.15. The lowest BCUT2D eigenvalue weighted by atomic mass is 10.2. The highest BCUT2D eigenvalue weighted by Crippen LogP contribution is 2.36. The zero-order valence-corrected chi connectivity index (χ0v) is 11.0. The summed E-state index contributed by atoms with van der Waals surface area (Å²) in [6, 6.07) is 3.12. The highest BCUT2D eigenvalue weighted by molar-refractivity contribution is 6.34. The van der Waals surface area contributed by atoms with Crippen LogP contribution in [0.5, 0.6) is 11.5 Å². The SMILES string of the molecule is COc1cc(Cl)c(NC(=O)c2ncn[nH]2)cc1OC. The molecule has 0 fully saturated rings. The van der Waals surface area contributed by atoms with Crippen molar-refractivity contribution >= 4 is 23.2 Å². The third-order valence-corrected chi connectivity index (χ3v) is 2.66. The molecule has 0 saturated heterocycles. The van der Waals surface area contributed by atoms with Gasteiger partial charge in [-0.05, 0) is 0 Å². The molecule has 1 amide bonds. The van der Waals surface area contributed by atoms with Crippen molar-refractivity contribution in [2.45, 2.75) is 0 Å². The summed E-state index contributed by atoms with van der Waals surface area (Å²) in [5, 5.41) is 8.97. The highest BCUT2D eigenvalue weighted by Gasteiger charge is 2.14. The second-order valence-corrected chi connectivity index (χ2v) is 3.88. The lowest BCUT2D eigenvalue weighted by Crippen LogP contribution is -2.14. The Kier molecular flexibility index (Phi) is 3.86. The van der Waals surface area contributed by atoms with E-state index in [2.05, 4.69) is 20.5 Å². The number of benzene rings is 1. The van der Waals surface area contributed by atoms with Crippen LogP contribution >= 0.6 is 11.6 Å². The molecular weight excluding hydrogens is 272 g/mol. The first-order valence-corrected chi connectivity index (χ1v) is 5.61. The maximum Gasteiger partial charge on any atom is 0.293 e. The van der Waals surface area contributed by atoms with Crippen molar-refractivity contribution in [3.8, 4) is 11.5 Å². The lowest BCUT2D eigenvalue weighted by molar-refractivity contribution is 0.101. The maximum absolute atomic E-state index is 11.8. The Morgan fingerprint density at radius 2 is 2.00 bits per heavy atom. The topological polar surface area (TPSA) is 89.1 Å². The molecule has 0 aliphatic carbocycles. The summed E-state index contributed by atoms with van der Waals surface area (Å²) in [6.07, 6.45) is 1.24. The van der Waals surface area contributed by atoms with Crippen LogP contribution < -0.4 is 14.8 Å². The van der Waals surface area contributed by atoms with E-state index in [-0.39, 0.29) is 5.82 Å². The smallest absolute Gasteiger partial charge is 0.293 e. The minimum atomic E-state index is -0.452. The van der Waals surface area contributed by atoms with Crippen molar-refractivity contribution in [1.82, 2.24) is 15.2 Å². The van der Waals surface area contributed by atoms with Crippen LogP contribution in [0, 0.1) is 0 Å². The zero-order valence-electron chi connectivity index (χ0n) is 10.2. The number of aromatic nitrogens is 3. The van der Waals surface area contributed by atoms with Crippen LogP contribution in [0.25, 0.3) is 0 Å². The molecule has 0 spiro atoms. The summed E-state index contributed by atoms with van der Waals surface area (Å²) in [4.78, 5) is 15.5. The molecule has 8 heteroatoms. The van der Waals surface area contributed by atoms with E-state index < -0.39 is 5.91 Å². The lowest BCUT2D eigenvalue weighted by Gasteiger charge is -2.11. The van der Waals surface area contributed by atoms with Crippen LogP contribution in [0.1, 0.15) is 10.6 Å². The Hall–Kier alpha value is -2.28. The molecular formula is C11H11ClN4O3. The Labute approximate surface area is 113 Å². The monoisotopic (exact) mass is 282 g/mol. The first-order valence-electron chi connectivity index (χ1n) is 5.24. The van der Waals surface area contributed by atoms with Gasteiger partial charge in [0, 0.05) is 12.1 Å². The molecule has 2 aromatic rings. The van der Waals surface area contributed by atoms with Gasteiger partial charge in [-0.25, -0.2) is 4.98 Å². The fourth-order valence-electron chi connectivity index (χ4n) is 1.45. The molecule has 1 aromatic carbocycles. The minimum Gasteiger partial charge on any atom is -0.493 e. The van der Waals surface area contributed by atoms with Crippen molar-refractivity contribution in [3.63, 3.8) is 0 Å². The van der Waals surface area contributed by atoms with Crippen LogP contribution in [-0.4, -0.2) is 35.3 Å². The second-order valence-electron chi connectivity index (χ2n) is 3.48. The van der Waals surface area contributed by atoms with Crippen molar-refractivity contribution in [1.29, 1.82) is 0 Å². The number of hydrogen-bond acceptors (Lipinski definition) is 5. The molecule has 0 unspecified atom stereocenters. The third kappa shape index (κ3) is 2.76. The number of halogens is 1. The Bertz CT molecular complexity index is 586. The van der Waals surface area contributed by atoms with Crippen molar-refractivity contribution in [2.75, 3.05) is 19.5 Å². The number of amides is 1. The molecule has 0 bridgehead atoms. The normalized spacial score (nSPS) is 10.1. The highest BCUT2D eigenvalue weighted by atomic mass is 35.5. The third-order valence-electron chi connectivity index (χ3n) is 2.35. The first kappa shape index (κ1) is 13.2. The summed E-state index contributed by atoms with van der Waals surface area (Å²) < 4.78 is 10.2. The molecule has 7 nitrogen and oxygen atoms in total. The van der Waals surface area contributed by atoms with Crippen molar-refractivity contribution in [2.24, 2.45) is 0 Å². The second kappa shape index (κ2) is 5.57. The number of rotatable bonds is 4. The molecule has 100 valence electrons. The number of nitrogens with zero attached hydrogens (tertiary/aromatic N) is 2. The average Bonchev–Trinajstić information content (AvgIpc) is 2.94. The number of ether oxygens (including phenoxy) is 2. The molecule has 2 rings (SSSR count). The Balaban J connectivity index is 2.28.